The number of hydrogen-bond donors (Lipinski definition) is 1. The lowest BCUT2D eigenvalue weighted by atomic mass is 9.88. The molecule has 3 heteroatoms. The summed E-state index contributed by atoms with van der Waals surface area (Å²) in [5, 5.41) is 13.1. The molecule has 1 aliphatic heterocycles. The molecule has 0 aliphatic carbocycles. The average Bonchev–Trinajstić information content (AvgIpc) is 2.43. The van der Waals surface area contributed by atoms with Gasteiger partial charge < -0.3 is 10.2 Å². The minimum Gasteiger partial charge on any atom is -0.367 e. The van der Waals surface area contributed by atoms with Gasteiger partial charge in [-0.2, -0.15) is 5.26 Å². The first-order valence-corrected chi connectivity index (χ1v) is 7.51. The van der Waals surface area contributed by atoms with Crippen LogP contribution < -0.4 is 5.32 Å². The number of aryl methyl sites for hydroxylation is 1. The molecule has 0 bridgehead atoms. The number of benzene rings is 1. The molecule has 1 N–H and O–H groups in total. The van der Waals surface area contributed by atoms with Crippen molar-refractivity contribution in [2.75, 3.05) is 25.0 Å². The van der Waals surface area contributed by atoms with Crippen LogP contribution >= 0.6 is 0 Å². The monoisotopic (exact) mass is 271 g/mol. The largest absolute Gasteiger partial charge is 0.367 e. The Balaban J connectivity index is 1.98. The highest BCUT2D eigenvalue weighted by Gasteiger charge is 2.34. The van der Waals surface area contributed by atoms with Gasteiger partial charge >= 0.3 is 0 Å². The average molecular weight is 271 g/mol. The van der Waals surface area contributed by atoms with Gasteiger partial charge in [0.2, 0.25) is 0 Å². The number of piperidine rings is 1. The van der Waals surface area contributed by atoms with Crippen LogP contribution in [0.5, 0.6) is 0 Å². The molecule has 1 aromatic carbocycles. The maximum absolute atomic E-state index is 9.59. The summed E-state index contributed by atoms with van der Waals surface area (Å²) >= 11 is 0. The Labute approximate surface area is 122 Å². The summed E-state index contributed by atoms with van der Waals surface area (Å²) in [4.78, 5) is 2.47. The van der Waals surface area contributed by atoms with E-state index in [2.05, 4.69) is 61.3 Å². The van der Waals surface area contributed by atoms with Gasteiger partial charge in [0.15, 0.2) is 0 Å². The van der Waals surface area contributed by atoms with Crippen molar-refractivity contribution in [1.29, 1.82) is 5.26 Å². The number of nitrogens with one attached hydrogen (secondary N) is 1. The van der Waals surface area contributed by atoms with Gasteiger partial charge in [-0.25, -0.2) is 0 Å². The number of nitrogens with zero attached hydrogens (tertiary/aromatic N) is 2. The predicted molar refractivity (Wildman–Crippen MR) is 83.7 cm³/mol. The molecule has 2 rings (SSSR count). The van der Waals surface area contributed by atoms with Gasteiger partial charge in [0.25, 0.3) is 0 Å². The first-order chi connectivity index (χ1) is 9.53. The quantitative estimate of drug-likeness (QED) is 0.912. The van der Waals surface area contributed by atoms with Gasteiger partial charge in [0, 0.05) is 25.3 Å². The van der Waals surface area contributed by atoms with Crippen LogP contribution in [0, 0.1) is 24.2 Å². The molecule has 108 valence electrons. The lowest BCUT2D eigenvalue weighted by Crippen LogP contribution is -2.49. The van der Waals surface area contributed by atoms with Crippen LogP contribution in [0.2, 0.25) is 0 Å². The van der Waals surface area contributed by atoms with Crippen molar-refractivity contribution in [3.05, 3.63) is 29.8 Å². The van der Waals surface area contributed by atoms with Crippen molar-refractivity contribution < 1.29 is 0 Å². The second kappa shape index (κ2) is 6.28. The van der Waals surface area contributed by atoms with E-state index >= 15 is 0 Å². The molecule has 0 atom stereocenters. The summed E-state index contributed by atoms with van der Waals surface area (Å²) in [6, 6.07) is 10.8. The first kappa shape index (κ1) is 14.9. The topological polar surface area (TPSA) is 39.1 Å². The molecule has 0 aromatic heterocycles. The summed E-state index contributed by atoms with van der Waals surface area (Å²) in [5.41, 5.74) is 1.89. The van der Waals surface area contributed by atoms with E-state index in [9.17, 15) is 5.26 Å². The maximum Gasteiger partial charge on any atom is 0.127 e. The van der Waals surface area contributed by atoms with Crippen molar-refractivity contribution in [3.8, 4) is 6.07 Å². The van der Waals surface area contributed by atoms with E-state index in [1.165, 1.54) is 5.56 Å². The van der Waals surface area contributed by atoms with Gasteiger partial charge in [-0.15, -0.1) is 0 Å². The van der Waals surface area contributed by atoms with Gasteiger partial charge in [-0.1, -0.05) is 31.5 Å². The molecule has 0 amide bonds. The van der Waals surface area contributed by atoms with Gasteiger partial charge in [0.1, 0.15) is 5.54 Å². The molecule has 0 saturated carbocycles. The minimum atomic E-state index is -0.400. The molecule has 20 heavy (non-hydrogen) atoms. The SMILES string of the molecule is Cc1ccc(NC2(C#N)CCN(CC(C)C)CC2)cc1. The summed E-state index contributed by atoms with van der Waals surface area (Å²) < 4.78 is 0. The summed E-state index contributed by atoms with van der Waals surface area (Å²) in [7, 11) is 0. The fourth-order valence-electron chi connectivity index (χ4n) is 2.81. The van der Waals surface area contributed by atoms with Crippen LogP contribution in [0.15, 0.2) is 24.3 Å². The van der Waals surface area contributed by atoms with Crippen molar-refractivity contribution in [2.45, 2.75) is 39.2 Å². The molecule has 1 heterocycles. The van der Waals surface area contributed by atoms with Gasteiger partial charge in [-0.3, -0.25) is 0 Å². The fraction of sp³-hybridized carbons (Fsp3) is 0.588. The van der Waals surface area contributed by atoms with E-state index in [1.54, 1.807) is 0 Å². The molecule has 1 aromatic rings. The summed E-state index contributed by atoms with van der Waals surface area (Å²) in [6.07, 6.45) is 1.79. The normalized spacial score (nSPS) is 18.8. The van der Waals surface area contributed by atoms with Crippen LogP contribution in [0.25, 0.3) is 0 Å². The van der Waals surface area contributed by atoms with E-state index in [4.69, 9.17) is 0 Å². The summed E-state index contributed by atoms with van der Waals surface area (Å²) in [6.45, 7) is 9.71. The van der Waals surface area contributed by atoms with Crippen LogP contribution in [-0.2, 0) is 0 Å². The Kier molecular flexibility index (Phi) is 4.67. The Morgan fingerprint density at radius 3 is 2.35 bits per heavy atom. The van der Waals surface area contributed by atoms with E-state index in [-0.39, 0.29) is 0 Å². The Bertz CT molecular complexity index is 462. The fourth-order valence-corrected chi connectivity index (χ4v) is 2.81. The smallest absolute Gasteiger partial charge is 0.127 e. The second-order valence-corrected chi connectivity index (χ2v) is 6.38. The summed E-state index contributed by atoms with van der Waals surface area (Å²) in [5.74, 6) is 0.689. The van der Waals surface area contributed by atoms with Gasteiger partial charge in [-0.05, 0) is 37.8 Å². The molecule has 0 spiro atoms. The number of nitriles is 1. The Morgan fingerprint density at radius 2 is 1.85 bits per heavy atom. The molecule has 3 nitrogen and oxygen atoms in total. The number of likely N-dealkylation sites (tertiary alicyclic amines) is 1. The third-order valence-electron chi connectivity index (χ3n) is 3.98. The lowest BCUT2D eigenvalue weighted by molar-refractivity contribution is 0.179. The number of hydrogen-bond acceptors (Lipinski definition) is 3. The maximum atomic E-state index is 9.59. The molecule has 1 aliphatic rings. The predicted octanol–water partition coefficient (Wildman–Crippen LogP) is 3.42. The first-order valence-electron chi connectivity index (χ1n) is 7.51. The molecule has 1 fully saturated rings. The van der Waals surface area contributed by atoms with Crippen molar-refractivity contribution >= 4 is 5.69 Å². The van der Waals surface area contributed by atoms with Gasteiger partial charge in [0.05, 0.1) is 6.07 Å². The molecule has 0 unspecified atom stereocenters. The van der Waals surface area contributed by atoms with E-state index in [0.29, 0.717) is 5.92 Å². The third kappa shape index (κ3) is 3.74. The molecular formula is C17H25N3. The number of anilines is 1. The van der Waals surface area contributed by atoms with Crippen LogP contribution in [0.3, 0.4) is 0 Å². The molecule has 1 saturated heterocycles. The minimum absolute atomic E-state index is 0.400. The highest BCUT2D eigenvalue weighted by molar-refractivity contribution is 5.49. The molecular weight excluding hydrogens is 246 g/mol. The second-order valence-electron chi connectivity index (χ2n) is 6.38. The van der Waals surface area contributed by atoms with Crippen molar-refractivity contribution in [2.24, 2.45) is 5.92 Å². The number of rotatable bonds is 4. The Hall–Kier alpha value is -1.53. The highest BCUT2D eigenvalue weighted by Crippen LogP contribution is 2.27. The van der Waals surface area contributed by atoms with E-state index < -0.39 is 5.54 Å². The standard InChI is InChI=1S/C17H25N3/c1-14(2)12-20-10-8-17(13-18,9-11-20)19-16-6-4-15(3)5-7-16/h4-7,14,19H,8-12H2,1-3H3. The molecule has 0 radical (unpaired) electrons. The van der Waals surface area contributed by atoms with Crippen molar-refractivity contribution in [3.63, 3.8) is 0 Å². The van der Waals surface area contributed by atoms with Crippen LogP contribution in [0.1, 0.15) is 32.3 Å². The van der Waals surface area contributed by atoms with Crippen LogP contribution in [-0.4, -0.2) is 30.1 Å². The van der Waals surface area contributed by atoms with Crippen LogP contribution in [0.4, 0.5) is 5.69 Å². The lowest BCUT2D eigenvalue weighted by Gasteiger charge is -2.39. The zero-order chi connectivity index (χ0) is 14.6. The van der Waals surface area contributed by atoms with E-state index in [1.807, 2.05) is 0 Å². The zero-order valence-corrected chi connectivity index (χ0v) is 12.8. The Morgan fingerprint density at radius 1 is 1.25 bits per heavy atom. The highest BCUT2D eigenvalue weighted by atomic mass is 15.2. The zero-order valence-electron chi connectivity index (χ0n) is 12.8. The van der Waals surface area contributed by atoms with E-state index in [0.717, 1.165) is 38.2 Å². The van der Waals surface area contributed by atoms with Crippen molar-refractivity contribution in [1.82, 2.24) is 4.90 Å². The third-order valence-corrected chi connectivity index (χ3v) is 3.98.